The fraction of sp³-hybridized carbons (Fsp3) is 0.571. The molecule has 4 heteroatoms. The molecule has 18 heavy (non-hydrogen) atoms. The van der Waals surface area contributed by atoms with Crippen LogP contribution in [0, 0.1) is 0 Å². The zero-order valence-electron chi connectivity index (χ0n) is 10.9. The summed E-state index contributed by atoms with van der Waals surface area (Å²) in [6.07, 6.45) is 1.22. The molecular weight excluding hydrogens is 330 g/mol. The lowest BCUT2D eigenvalue weighted by atomic mass is 10.1. The van der Waals surface area contributed by atoms with E-state index < -0.39 is 0 Å². The monoisotopic (exact) mass is 347 g/mol. The number of halogens is 2. The van der Waals surface area contributed by atoms with Crippen molar-refractivity contribution in [3.63, 3.8) is 0 Å². The van der Waals surface area contributed by atoms with Crippen molar-refractivity contribution in [3.8, 4) is 0 Å². The molecule has 0 spiro atoms. The van der Waals surface area contributed by atoms with Crippen molar-refractivity contribution in [2.45, 2.75) is 30.3 Å². The lowest BCUT2D eigenvalue weighted by Gasteiger charge is -2.26. The van der Waals surface area contributed by atoms with E-state index in [0.29, 0.717) is 4.75 Å². The van der Waals surface area contributed by atoms with Crippen LogP contribution in [0.4, 0.5) is 5.69 Å². The number of hydrogen-bond acceptors (Lipinski definition) is 2. The van der Waals surface area contributed by atoms with Gasteiger partial charge in [0.05, 0.1) is 0 Å². The standard InChI is InChI=1S/C14H19BrClNS/c1-14(2)5-6-17(7-8-18-14)13-4-3-12(16)9-11(13)10-15/h3-4,9H,5-8,10H2,1-2H3. The van der Waals surface area contributed by atoms with E-state index in [0.717, 1.165) is 23.4 Å². The van der Waals surface area contributed by atoms with E-state index in [9.17, 15) is 0 Å². The Balaban J connectivity index is 2.21. The van der Waals surface area contributed by atoms with Crippen LogP contribution in [0.1, 0.15) is 25.8 Å². The molecule has 1 nitrogen and oxygen atoms in total. The maximum atomic E-state index is 6.07. The van der Waals surface area contributed by atoms with Crippen LogP contribution in [0.15, 0.2) is 18.2 Å². The third-order valence-electron chi connectivity index (χ3n) is 3.36. The molecule has 1 fully saturated rings. The molecular formula is C14H19BrClNS. The quantitative estimate of drug-likeness (QED) is 0.695. The number of rotatable bonds is 2. The number of benzene rings is 1. The Hall–Kier alpha value is 0.140. The second-order valence-electron chi connectivity index (χ2n) is 5.25. The van der Waals surface area contributed by atoms with Crippen LogP contribution in [-0.2, 0) is 5.33 Å². The molecule has 2 rings (SSSR count). The summed E-state index contributed by atoms with van der Waals surface area (Å²) in [5.41, 5.74) is 2.61. The first-order valence-corrected chi connectivity index (χ1v) is 8.74. The van der Waals surface area contributed by atoms with Gasteiger partial charge in [0.1, 0.15) is 0 Å². The Labute approximate surface area is 127 Å². The Morgan fingerprint density at radius 2 is 2.17 bits per heavy atom. The molecule has 0 atom stereocenters. The molecule has 0 N–H and O–H groups in total. The van der Waals surface area contributed by atoms with Gasteiger partial charge in [0, 0.05) is 39.6 Å². The molecule has 1 saturated heterocycles. The number of nitrogens with zero attached hydrogens (tertiary/aromatic N) is 1. The lowest BCUT2D eigenvalue weighted by molar-refractivity contribution is 0.637. The fourth-order valence-electron chi connectivity index (χ4n) is 2.23. The first-order chi connectivity index (χ1) is 8.52. The molecule has 0 unspecified atom stereocenters. The van der Waals surface area contributed by atoms with Crippen LogP contribution in [0.25, 0.3) is 0 Å². The van der Waals surface area contributed by atoms with E-state index in [1.54, 1.807) is 0 Å². The zero-order valence-corrected chi connectivity index (χ0v) is 14.0. The van der Waals surface area contributed by atoms with Crippen LogP contribution in [-0.4, -0.2) is 23.6 Å². The molecule has 0 aromatic heterocycles. The molecule has 1 aliphatic heterocycles. The molecule has 1 heterocycles. The van der Waals surface area contributed by atoms with Gasteiger partial charge >= 0.3 is 0 Å². The molecule has 1 aliphatic rings. The summed E-state index contributed by atoms with van der Waals surface area (Å²) in [4.78, 5) is 2.49. The topological polar surface area (TPSA) is 3.24 Å². The normalized spacial score (nSPS) is 19.7. The Morgan fingerprint density at radius 3 is 2.89 bits per heavy atom. The fourth-order valence-corrected chi connectivity index (χ4v) is 3.97. The van der Waals surface area contributed by atoms with Gasteiger partial charge < -0.3 is 4.90 Å². The minimum atomic E-state index is 0.399. The summed E-state index contributed by atoms with van der Waals surface area (Å²) in [6, 6.07) is 6.21. The average Bonchev–Trinajstić information content (AvgIpc) is 2.50. The van der Waals surface area contributed by atoms with Crippen molar-refractivity contribution in [2.75, 3.05) is 23.7 Å². The van der Waals surface area contributed by atoms with Crippen LogP contribution in [0.5, 0.6) is 0 Å². The summed E-state index contributed by atoms with van der Waals surface area (Å²) in [7, 11) is 0. The smallest absolute Gasteiger partial charge is 0.0410 e. The molecule has 100 valence electrons. The highest BCUT2D eigenvalue weighted by Crippen LogP contribution is 2.34. The van der Waals surface area contributed by atoms with Crippen LogP contribution in [0.2, 0.25) is 5.02 Å². The van der Waals surface area contributed by atoms with E-state index in [4.69, 9.17) is 11.6 Å². The average molecular weight is 349 g/mol. The minimum absolute atomic E-state index is 0.399. The van der Waals surface area contributed by atoms with Gasteiger partial charge in [0.2, 0.25) is 0 Å². The van der Waals surface area contributed by atoms with E-state index >= 15 is 0 Å². The predicted molar refractivity (Wildman–Crippen MR) is 87.5 cm³/mol. The van der Waals surface area contributed by atoms with Gasteiger partial charge in [-0.2, -0.15) is 11.8 Å². The third kappa shape index (κ3) is 3.58. The van der Waals surface area contributed by atoms with Crippen molar-refractivity contribution in [3.05, 3.63) is 28.8 Å². The number of alkyl halides is 1. The Morgan fingerprint density at radius 1 is 1.39 bits per heavy atom. The van der Waals surface area contributed by atoms with Crippen molar-refractivity contribution in [1.82, 2.24) is 0 Å². The van der Waals surface area contributed by atoms with E-state index in [1.165, 1.54) is 23.4 Å². The molecule has 0 radical (unpaired) electrons. The SMILES string of the molecule is CC1(C)CCN(c2ccc(Cl)cc2CBr)CCS1. The second kappa shape index (κ2) is 6.06. The van der Waals surface area contributed by atoms with Crippen LogP contribution < -0.4 is 4.90 Å². The number of anilines is 1. The highest BCUT2D eigenvalue weighted by molar-refractivity contribution is 9.08. The van der Waals surface area contributed by atoms with Crippen molar-refractivity contribution >= 4 is 45.0 Å². The van der Waals surface area contributed by atoms with Crippen LogP contribution >= 0.6 is 39.3 Å². The second-order valence-corrected chi connectivity index (χ2v) is 8.05. The summed E-state index contributed by atoms with van der Waals surface area (Å²) >= 11 is 11.7. The number of hydrogen-bond donors (Lipinski definition) is 0. The van der Waals surface area contributed by atoms with Gasteiger partial charge in [-0.05, 0) is 30.2 Å². The Kier molecular flexibility index (Phi) is 4.90. The van der Waals surface area contributed by atoms with Crippen molar-refractivity contribution < 1.29 is 0 Å². The lowest BCUT2D eigenvalue weighted by Crippen LogP contribution is -2.27. The zero-order chi connectivity index (χ0) is 13.2. The summed E-state index contributed by atoms with van der Waals surface area (Å²) in [5.74, 6) is 1.19. The van der Waals surface area contributed by atoms with Gasteiger partial charge in [-0.25, -0.2) is 0 Å². The molecule has 0 aliphatic carbocycles. The van der Waals surface area contributed by atoms with Gasteiger partial charge in [0.25, 0.3) is 0 Å². The highest BCUT2D eigenvalue weighted by Gasteiger charge is 2.24. The van der Waals surface area contributed by atoms with Crippen molar-refractivity contribution in [1.29, 1.82) is 0 Å². The van der Waals surface area contributed by atoms with Crippen molar-refractivity contribution in [2.24, 2.45) is 0 Å². The Bertz CT molecular complexity index is 422. The third-order valence-corrected chi connectivity index (χ3v) is 5.58. The first kappa shape index (κ1) is 14.5. The summed E-state index contributed by atoms with van der Waals surface area (Å²) in [6.45, 7) is 6.93. The molecule has 1 aromatic carbocycles. The molecule has 0 bridgehead atoms. The summed E-state index contributed by atoms with van der Waals surface area (Å²) in [5, 5.41) is 1.67. The molecule has 0 saturated carbocycles. The van der Waals surface area contributed by atoms with Gasteiger partial charge in [-0.15, -0.1) is 0 Å². The molecule has 0 amide bonds. The van der Waals surface area contributed by atoms with E-state index in [2.05, 4.69) is 58.6 Å². The van der Waals surface area contributed by atoms with Gasteiger partial charge in [-0.1, -0.05) is 41.4 Å². The van der Waals surface area contributed by atoms with Gasteiger partial charge in [-0.3, -0.25) is 0 Å². The predicted octanol–water partition coefficient (Wildman–Crippen LogP) is 4.96. The minimum Gasteiger partial charge on any atom is -0.370 e. The van der Waals surface area contributed by atoms with E-state index in [-0.39, 0.29) is 0 Å². The maximum Gasteiger partial charge on any atom is 0.0410 e. The van der Waals surface area contributed by atoms with Gasteiger partial charge in [0.15, 0.2) is 0 Å². The maximum absolute atomic E-state index is 6.07. The summed E-state index contributed by atoms with van der Waals surface area (Å²) < 4.78 is 0.399. The van der Waals surface area contributed by atoms with Crippen LogP contribution in [0.3, 0.4) is 0 Å². The number of thioether (sulfide) groups is 1. The highest BCUT2D eigenvalue weighted by atomic mass is 79.9. The molecule has 1 aromatic rings. The van der Waals surface area contributed by atoms with E-state index in [1.807, 2.05) is 6.07 Å². The largest absolute Gasteiger partial charge is 0.370 e. The first-order valence-electron chi connectivity index (χ1n) is 6.25.